The van der Waals surface area contributed by atoms with E-state index in [-0.39, 0.29) is 11.6 Å². The molecule has 2 N–H and O–H groups in total. The number of aromatic amines is 1. The number of H-pyrrole nitrogens is 1. The maximum absolute atomic E-state index is 11.9. The Bertz CT molecular complexity index is 713. The Kier molecular flexibility index (Phi) is 2.30. The second-order valence-corrected chi connectivity index (χ2v) is 3.90. The van der Waals surface area contributed by atoms with Gasteiger partial charge in [-0.3, -0.25) is 14.6 Å². The zero-order valence-corrected chi connectivity index (χ0v) is 9.58. The standard InChI is InChI=1S/C11H10N6O/c1-17-6-10(15-16-17)11(18)13-8-2-3-9-7(4-8)5-12-14-9/h2-6H,1H3,(H,12,14)(H,13,18). The van der Waals surface area contributed by atoms with Gasteiger partial charge in [-0.25, -0.2) is 0 Å². The summed E-state index contributed by atoms with van der Waals surface area (Å²) in [5, 5.41) is 17.9. The van der Waals surface area contributed by atoms with Crippen molar-refractivity contribution in [3.05, 3.63) is 36.3 Å². The molecule has 7 heteroatoms. The molecule has 0 unspecified atom stereocenters. The van der Waals surface area contributed by atoms with Gasteiger partial charge in [-0.1, -0.05) is 5.21 Å². The Hall–Kier alpha value is -2.70. The summed E-state index contributed by atoms with van der Waals surface area (Å²) >= 11 is 0. The highest BCUT2D eigenvalue weighted by Gasteiger charge is 2.10. The summed E-state index contributed by atoms with van der Waals surface area (Å²) in [6.07, 6.45) is 3.26. The zero-order valence-electron chi connectivity index (χ0n) is 9.58. The van der Waals surface area contributed by atoms with E-state index in [1.54, 1.807) is 25.5 Å². The molecule has 0 aliphatic heterocycles. The van der Waals surface area contributed by atoms with E-state index < -0.39 is 0 Å². The van der Waals surface area contributed by atoms with Gasteiger partial charge in [-0.15, -0.1) is 5.10 Å². The lowest BCUT2D eigenvalue weighted by atomic mass is 10.2. The van der Waals surface area contributed by atoms with Crippen molar-refractivity contribution in [2.75, 3.05) is 5.32 Å². The van der Waals surface area contributed by atoms with Crippen molar-refractivity contribution in [3.63, 3.8) is 0 Å². The van der Waals surface area contributed by atoms with Crippen molar-refractivity contribution in [2.24, 2.45) is 7.05 Å². The SMILES string of the molecule is Cn1cc(C(=O)Nc2ccc3[nH]ncc3c2)nn1. The number of hydrogen-bond acceptors (Lipinski definition) is 4. The molecule has 3 aromatic rings. The van der Waals surface area contributed by atoms with Crippen molar-refractivity contribution in [1.82, 2.24) is 25.2 Å². The minimum atomic E-state index is -0.286. The van der Waals surface area contributed by atoms with Crippen LogP contribution in [0.4, 0.5) is 5.69 Å². The first-order valence-electron chi connectivity index (χ1n) is 5.33. The molecular formula is C11H10N6O. The van der Waals surface area contributed by atoms with E-state index in [1.165, 1.54) is 4.68 Å². The van der Waals surface area contributed by atoms with Crippen molar-refractivity contribution < 1.29 is 4.79 Å². The Morgan fingerprint density at radius 2 is 2.33 bits per heavy atom. The van der Waals surface area contributed by atoms with E-state index >= 15 is 0 Å². The zero-order chi connectivity index (χ0) is 12.5. The molecule has 0 radical (unpaired) electrons. The van der Waals surface area contributed by atoms with Gasteiger partial charge in [-0.2, -0.15) is 5.10 Å². The molecule has 0 bridgehead atoms. The lowest BCUT2D eigenvalue weighted by molar-refractivity contribution is 0.102. The number of carbonyl (C=O) groups is 1. The van der Waals surface area contributed by atoms with Crippen LogP contribution in [0.25, 0.3) is 10.9 Å². The van der Waals surface area contributed by atoms with Crippen LogP contribution < -0.4 is 5.32 Å². The first-order valence-corrected chi connectivity index (χ1v) is 5.33. The van der Waals surface area contributed by atoms with Crippen LogP contribution in [-0.4, -0.2) is 31.1 Å². The van der Waals surface area contributed by atoms with Crippen LogP contribution in [-0.2, 0) is 7.05 Å². The summed E-state index contributed by atoms with van der Waals surface area (Å²) in [5.41, 5.74) is 1.90. The van der Waals surface area contributed by atoms with E-state index in [4.69, 9.17) is 0 Å². The van der Waals surface area contributed by atoms with Gasteiger partial charge in [0.25, 0.3) is 5.91 Å². The number of aryl methyl sites for hydroxylation is 1. The van der Waals surface area contributed by atoms with E-state index in [1.807, 2.05) is 12.1 Å². The van der Waals surface area contributed by atoms with E-state index in [2.05, 4.69) is 25.8 Å². The molecular weight excluding hydrogens is 232 g/mol. The van der Waals surface area contributed by atoms with Gasteiger partial charge >= 0.3 is 0 Å². The normalized spacial score (nSPS) is 10.7. The summed E-state index contributed by atoms with van der Waals surface area (Å²) < 4.78 is 1.48. The quantitative estimate of drug-likeness (QED) is 0.700. The number of aromatic nitrogens is 5. The summed E-state index contributed by atoms with van der Waals surface area (Å²) in [6.45, 7) is 0. The summed E-state index contributed by atoms with van der Waals surface area (Å²) in [4.78, 5) is 11.9. The van der Waals surface area contributed by atoms with Crippen LogP contribution >= 0.6 is 0 Å². The molecule has 0 saturated carbocycles. The minimum Gasteiger partial charge on any atom is -0.321 e. The van der Waals surface area contributed by atoms with Gasteiger partial charge in [-0.05, 0) is 18.2 Å². The third kappa shape index (κ3) is 1.81. The highest BCUT2D eigenvalue weighted by atomic mass is 16.2. The molecule has 0 spiro atoms. The molecule has 7 nitrogen and oxygen atoms in total. The predicted octanol–water partition coefficient (Wildman–Crippen LogP) is 0.944. The van der Waals surface area contributed by atoms with Gasteiger partial charge in [0.15, 0.2) is 5.69 Å². The number of nitrogens with one attached hydrogen (secondary N) is 2. The Labute approximate surface area is 102 Å². The molecule has 0 saturated heterocycles. The van der Waals surface area contributed by atoms with E-state index in [9.17, 15) is 4.79 Å². The van der Waals surface area contributed by atoms with Crippen LogP contribution in [0.1, 0.15) is 10.5 Å². The molecule has 0 aliphatic rings. The molecule has 2 heterocycles. The lowest BCUT2D eigenvalue weighted by Gasteiger charge is -2.02. The molecule has 1 amide bonds. The first kappa shape index (κ1) is 10.5. The third-order valence-corrected chi connectivity index (χ3v) is 2.53. The number of fused-ring (bicyclic) bond motifs is 1. The van der Waals surface area contributed by atoms with Crippen LogP contribution in [0.2, 0.25) is 0 Å². The van der Waals surface area contributed by atoms with Crippen LogP contribution in [0.3, 0.4) is 0 Å². The van der Waals surface area contributed by atoms with Gasteiger partial charge in [0.2, 0.25) is 0 Å². The molecule has 0 aliphatic carbocycles. The second kappa shape index (κ2) is 3.95. The second-order valence-electron chi connectivity index (χ2n) is 3.90. The molecule has 90 valence electrons. The fourth-order valence-electron chi connectivity index (χ4n) is 1.67. The number of nitrogens with zero attached hydrogens (tertiary/aromatic N) is 4. The predicted molar refractivity (Wildman–Crippen MR) is 65.0 cm³/mol. The van der Waals surface area contributed by atoms with Gasteiger partial charge in [0.05, 0.1) is 17.9 Å². The first-order chi connectivity index (χ1) is 8.72. The molecule has 18 heavy (non-hydrogen) atoms. The molecule has 3 rings (SSSR count). The molecule has 0 fully saturated rings. The van der Waals surface area contributed by atoms with E-state index in [0.29, 0.717) is 5.69 Å². The Morgan fingerprint density at radius 3 is 3.11 bits per heavy atom. The summed E-state index contributed by atoms with van der Waals surface area (Å²) in [7, 11) is 1.71. The van der Waals surface area contributed by atoms with Crippen molar-refractivity contribution in [2.45, 2.75) is 0 Å². The Balaban J connectivity index is 1.85. The summed E-state index contributed by atoms with van der Waals surface area (Å²) in [5.74, 6) is -0.286. The fourth-order valence-corrected chi connectivity index (χ4v) is 1.67. The number of hydrogen-bond donors (Lipinski definition) is 2. The van der Waals surface area contributed by atoms with E-state index in [0.717, 1.165) is 10.9 Å². The van der Waals surface area contributed by atoms with Crippen LogP contribution in [0.15, 0.2) is 30.6 Å². The monoisotopic (exact) mass is 242 g/mol. The number of carbonyl (C=O) groups excluding carboxylic acids is 1. The molecule has 1 aromatic carbocycles. The Morgan fingerprint density at radius 1 is 1.44 bits per heavy atom. The topological polar surface area (TPSA) is 88.5 Å². The van der Waals surface area contributed by atoms with Gasteiger partial charge < -0.3 is 5.32 Å². The van der Waals surface area contributed by atoms with Crippen molar-refractivity contribution in [3.8, 4) is 0 Å². The number of anilines is 1. The van der Waals surface area contributed by atoms with Crippen molar-refractivity contribution in [1.29, 1.82) is 0 Å². The smallest absolute Gasteiger partial charge is 0.277 e. The largest absolute Gasteiger partial charge is 0.321 e. The number of benzene rings is 1. The lowest BCUT2D eigenvalue weighted by Crippen LogP contribution is -2.12. The number of amides is 1. The van der Waals surface area contributed by atoms with Gasteiger partial charge in [0.1, 0.15) is 0 Å². The van der Waals surface area contributed by atoms with Crippen LogP contribution in [0, 0.1) is 0 Å². The van der Waals surface area contributed by atoms with Crippen LogP contribution in [0.5, 0.6) is 0 Å². The summed E-state index contributed by atoms with van der Waals surface area (Å²) in [6, 6.07) is 5.50. The fraction of sp³-hybridized carbons (Fsp3) is 0.0909. The highest BCUT2D eigenvalue weighted by Crippen LogP contribution is 2.17. The van der Waals surface area contributed by atoms with Crippen molar-refractivity contribution >= 4 is 22.5 Å². The van der Waals surface area contributed by atoms with Gasteiger partial charge in [0, 0.05) is 18.1 Å². The third-order valence-electron chi connectivity index (χ3n) is 2.53. The highest BCUT2D eigenvalue weighted by molar-refractivity contribution is 6.03. The average Bonchev–Trinajstić information content (AvgIpc) is 2.96. The minimum absolute atomic E-state index is 0.282. The maximum Gasteiger partial charge on any atom is 0.277 e. The average molecular weight is 242 g/mol. The maximum atomic E-state index is 11.9. The molecule has 0 atom stereocenters. The molecule has 2 aromatic heterocycles. The number of rotatable bonds is 2.